The van der Waals surface area contributed by atoms with Crippen molar-refractivity contribution in [1.82, 2.24) is 0 Å². The van der Waals surface area contributed by atoms with Gasteiger partial charge in [0.05, 0.1) is 18.7 Å². The molecule has 1 N–H and O–H groups in total. The number of methoxy groups -OCH3 is 2. The van der Waals surface area contributed by atoms with Crippen LogP contribution in [0.25, 0.3) is 0 Å². The second kappa shape index (κ2) is 8.18. The molecule has 0 aliphatic heterocycles. The van der Waals surface area contributed by atoms with E-state index >= 15 is 0 Å². The van der Waals surface area contributed by atoms with E-state index in [1.807, 2.05) is 0 Å². The zero-order chi connectivity index (χ0) is 18.4. The summed E-state index contributed by atoms with van der Waals surface area (Å²) < 4.78 is 16.4. The number of ether oxygens (including phenoxy) is 3. The van der Waals surface area contributed by atoms with Gasteiger partial charge in [0.15, 0.2) is 5.60 Å². The van der Waals surface area contributed by atoms with Crippen molar-refractivity contribution in [1.29, 1.82) is 0 Å². The number of oxime groups is 1. The highest BCUT2D eigenvalue weighted by Gasteiger charge is 2.56. The molecule has 2 rings (SSSR count). The van der Waals surface area contributed by atoms with E-state index in [1.165, 1.54) is 20.3 Å². The molecule has 0 spiro atoms. The van der Waals surface area contributed by atoms with E-state index in [0.717, 1.165) is 0 Å². The van der Waals surface area contributed by atoms with Gasteiger partial charge in [-0.25, -0.2) is 0 Å². The summed E-state index contributed by atoms with van der Waals surface area (Å²) in [6, 6.07) is 8.59. The van der Waals surface area contributed by atoms with Gasteiger partial charge in [-0.1, -0.05) is 47.1 Å². The third-order valence-electron chi connectivity index (χ3n) is 4.01. The van der Waals surface area contributed by atoms with Gasteiger partial charge in [0, 0.05) is 12.7 Å². The van der Waals surface area contributed by atoms with E-state index in [0.29, 0.717) is 11.3 Å². The van der Waals surface area contributed by atoms with Crippen LogP contribution in [-0.4, -0.2) is 43.3 Å². The maximum absolute atomic E-state index is 13.3. The van der Waals surface area contributed by atoms with Crippen molar-refractivity contribution in [3.8, 4) is 0 Å². The van der Waals surface area contributed by atoms with E-state index in [9.17, 15) is 10.0 Å². The van der Waals surface area contributed by atoms with Crippen molar-refractivity contribution in [2.24, 2.45) is 11.1 Å². The Morgan fingerprint density at radius 1 is 1.28 bits per heavy atom. The number of allylic oxidation sites excluding steroid dienone is 2. The van der Waals surface area contributed by atoms with Gasteiger partial charge in [-0.05, 0) is 19.1 Å². The maximum Gasteiger partial charge on any atom is 0.240 e. The molecular formula is C18H20ClNO5. The van der Waals surface area contributed by atoms with Gasteiger partial charge in [0.25, 0.3) is 0 Å². The normalized spacial score (nSPS) is 23.5. The molecule has 7 heteroatoms. The number of ketones is 1. The predicted molar refractivity (Wildman–Crippen MR) is 93.9 cm³/mol. The van der Waals surface area contributed by atoms with E-state index in [4.69, 9.17) is 25.8 Å². The molecule has 0 aromatic heterocycles. The summed E-state index contributed by atoms with van der Waals surface area (Å²) >= 11 is 6.43. The lowest BCUT2D eigenvalue weighted by atomic mass is 9.76. The minimum Gasteiger partial charge on any atom is -0.500 e. The molecule has 1 aromatic carbocycles. The molecule has 2 atom stereocenters. The van der Waals surface area contributed by atoms with Crippen LogP contribution in [0.4, 0.5) is 0 Å². The van der Waals surface area contributed by atoms with E-state index in [-0.39, 0.29) is 17.5 Å². The quantitative estimate of drug-likeness (QED) is 0.275. The number of carbonyl (C=O) groups excluding carboxylic acids is 1. The van der Waals surface area contributed by atoms with E-state index < -0.39 is 17.3 Å². The van der Waals surface area contributed by atoms with Crippen LogP contribution in [0, 0.1) is 5.92 Å². The molecule has 1 aliphatic carbocycles. The fourth-order valence-corrected chi connectivity index (χ4v) is 3.20. The number of hydrogen-bond donors (Lipinski definition) is 1. The van der Waals surface area contributed by atoms with Gasteiger partial charge >= 0.3 is 0 Å². The van der Waals surface area contributed by atoms with Gasteiger partial charge in [0.1, 0.15) is 11.7 Å². The van der Waals surface area contributed by atoms with Gasteiger partial charge < -0.3 is 19.4 Å². The summed E-state index contributed by atoms with van der Waals surface area (Å²) in [5.41, 5.74) is -1.27. The molecule has 2 unspecified atom stereocenters. The van der Waals surface area contributed by atoms with Gasteiger partial charge in [-0.2, -0.15) is 0 Å². The molecule has 1 aliphatic rings. The Morgan fingerprint density at radius 2 is 1.96 bits per heavy atom. The number of benzene rings is 1. The number of rotatable bonds is 6. The van der Waals surface area contributed by atoms with Crippen molar-refractivity contribution in [3.63, 3.8) is 0 Å². The molecular weight excluding hydrogens is 346 g/mol. The van der Waals surface area contributed by atoms with Crippen molar-refractivity contribution in [2.75, 3.05) is 20.8 Å². The molecule has 25 heavy (non-hydrogen) atoms. The predicted octanol–water partition coefficient (Wildman–Crippen LogP) is 3.36. The second-order valence-electron chi connectivity index (χ2n) is 5.23. The van der Waals surface area contributed by atoms with E-state index in [2.05, 4.69) is 5.16 Å². The number of halogens is 1. The standard InChI is InChI=1S/C18H20ClNO5/c1-4-25-17(20-22)15-13(23-2)10-11-14(19)18(15,24-3)16(21)12-8-6-5-7-9-12/h5-11,15,22H,4H2,1-3H3. The van der Waals surface area contributed by atoms with Gasteiger partial charge in [0.2, 0.25) is 11.7 Å². The molecule has 0 saturated heterocycles. The molecule has 0 bridgehead atoms. The number of carbonyl (C=O) groups is 1. The Hall–Kier alpha value is -2.31. The summed E-state index contributed by atoms with van der Waals surface area (Å²) in [5.74, 6) is -1.16. The molecule has 1 aromatic rings. The molecule has 134 valence electrons. The van der Waals surface area contributed by atoms with Crippen molar-refractivity contribution in [2.45, 2.75) is 12.5 Å². The largest absolute Gasteiger partial charge is 0.500 e. The van der Waals surface area contributed by atoms with Crippen molar-refractivity contribution < 1.29 is 24.2 Å². The van der Waals surface area contributed by atoms with Crippen LogP contribution in [0.5, 0.6) is 0 Å². The molecule has 6 nitrogen and oxygen atoms in total. The zero-order valence-corrected chi connectivity index (χ0v) is 15.0. The van der Waals surface area contributed by atoms with Crippen LogP contribution >= 0.6 is 11.6 Å². The minimum absolute atomic E-state index is 0.118. The number of hydrogen-bond acceptors (Lipinski definition) is 6. The molecule has 0 saturated carbocycles. The Balaban J connectivity index is 2.67. The number of nitrogens with zero attached hydrogens (tertiary/aromatic N) is 1. The summed E-state index contributed by atoms with van der Waals surface area (Å²) in [6.45, 7) is 1.96. The Morgan fingerprint density at radius 3 is 2.48 bits per heavy atom. The van der Waals surface area contributed by atoms with E-state index in [1.54, 1.807) is 43.3 Å². The average Bonchev–Trinajstić information content (AvgIpc) is 2.66. The fraction of sp³-hybridized carbons (Fsp3) is 0.333. The van der Waals surface area contributed by atoms with Crippen LogP contribution in [0.3, 0.4) is 0 Å². The SMILES string of the molecule is CCOC(=NO)C1C(OC)=CC=C(Cl)C1(OC)C(=O)c1ccccc1. The Kier molecular flexibility index (Phi) is 6.22. The Labute approximate surface area is 151 Å². The lowest BCUT2D eigenvalue weighted by Gasteiger charge is -2.39. The van der Waals surface area contributed by atoms with Gasteiger partial charge in [-0.3, -0.25) is 4.79 Å². The number of Topliss-reactive ketones (excluding diaryl/α,β-unsaturated/α-hetero) is 1. The lowest BCUT2D eigenvalue weighted by molar-refractivity contribution is -0.00170. The first-order valence-electron chi connectivity index (χ1n) is 7.68. The second-order valence-corrected chi connectivity index (χ2v) is 5.63. The lowest BCUT2D eigenvalue weighted by Crippen LogP contribution is -2.54. The first-order chi connectivity index (χ1) is 12.1. The van der Waals surface area contributed by atoms with Crippen LogP contribution in [0.1, 0.15) is 17.3 Å². The highest BCUT2D eigenvalue weighted by molar-refractivity contribution is 6.34. The third kappa shape index (κ3) is 3.27. The maximum atomic E-state index is 13.3. The summed E-state index contributed by atoms with van der Waals surface area (Å²) in [6.07, 6.45) is 3.12. The first-order valence-corrected chi connectivity index (χ1v) is 8.06. The van der Waals surface area contributed by atoms with Crippen molar-refractivity contribution >= 4 is 23.3 Å². The summed E-state index contributed by atoms with van der Waals surface area (Å²) in [4.78, 5) is 13.3. The highest BCUT2D eigenvalue weighted by Crippen LogP contribution is 2.43. The fourth-order valence-electron chi connectivity index (χ4n) is 2.86. The Bertz CT molecular complexity index is 713. The minimum atomic E-state index is -1.67. The molecule has 0 radical (unpaired) electrons. The zero-order valence-electron chi connectivity index (χ0n) is 14.2. The third-order valence-corrected chi connectivity index (χ3v) is 4.42. The summed E-state index contributed by atoms with van der Waals surface area (Å²) in [7, 11) is 2.81. The first kappa shape index (κ1) is 19.0. The smallest absolute Gasteiger partial charge is 0.240 e. The van der Waals surface area contributed by atoms with Crippen LogP contribution < -0.4 is 0 Å². The molecule has 0 amide bonds. The summed E-state index contributed by atoms with van der Waals surface area (Å²) in [5, 5.41) is 12.8. The van der Waals surface area contributed by atoms with Crippen LogP contribution in [-0.2, 0) is 14.2 Å². The van der Waals surface area contributed by atoms with Crippen LogP contribution in [0.2, 0.25) is 0 Å². The van der Waals surface area contributed by atoms with Crippen molar-refractivity contribution in [3.05, 3.63) is 58.8 Å². The highest BCUT2D eigenvalue weighted by atomic mass is 35.5. The van der Waals surface area contributed by atoms with Crippen LogP contribution in [0.15, 0.2) is 58.4 Å². The monoisotopic (exact) mass is 365 g/mol. The topological polar surface area (TPSA) is 77.3 Å². The molecule has 0 fully saturated rings. The van der Waals surface area contributed by atoms with Gasteiger partial charge in [-0.15, -0.1) is 0 Å². The molecule has 0 heterocycles. The average molecular weight is 366 g/mol.